The first-order chi connectivity index (χ1) is 12.7. The number of hydrogen-bond donors (Lipinski definition) is 1. The molecule has 0 aliphatic carbocycles. The van der Waals surface area contributed by atoms with E-state index >= 15 is 0 Å². The fourth-order valence-electron chi connectivity index (χ4n) is 3.61. The van der Waals surface area contributed by atoms with Crippen LogP contribution in [0, 0.1) is 5.41 Å². The normalized spacial score (nSPS) is 18.6. The average Bonchev–Trinajstić information content (AvgIpc) is 3.34. The van der Waals surface area contributed by atoms with E-state index in [1.54, 1.807) is 43.0 Å². The lowest BCUT2D eigenvalue weighted by atomic mass is 9.93. The molecule has 2 aliphatic rings. The van der Waals surface area contributed by atoms with Gasteiger partial charge in [0, 0.05) is 31.6 Å². The Morgan fingerprint density at radius 2 is 1.81 bits per heavy atom. The average molecular weight is 390 g/mol. The van der Waals surface area contributed by atoms with Crippen LogP contribution in [0.1, 0.15) is 13.8 Å². The molecule has 8 heteroatoms. The van der Waals surface area contributed by atoms with Crippen LogP contribution in [-0.4, -0.2) is 61.4 Å². The van der Waals surface area contributed by atoms with Crippen molar-refractivity contribution in [1.29, 1.82) is 0 Å². The number of hydrogen-bond acceptors (Lipinski definition) is 5. The molecule has 2 aliphatic heterocycles. The lowest BCUT2D eigenvalue weighted by Gasteiger charge is -2.29. The van der Waals surface area contributed by atoms with Gasteiger partial charge >= 0.3 is 0 Å². The van der Waals surface area contributed by atoms with Gasteiger partial charge in [0.15, 0.2) is 0 Å². The van der Waals surface area contributed by atoms with Crippen LogP contribution in [0.15, 0.2) is 51.0 Å². The van der Waals surface area contributed by atoms with Crippen LogP contribution in [0.4, 0.5) is 0 Å². The predicted molar refractivity (Wildman–Crippen MR) is 99.4 cm³/mol. The molecular weight excluding hydrogens is 368 g/mol. The Labute approximate surface area is 157 Å². The third-order valence-electron chi connectivity index (χ3n) is 5.32. The molecule has 4 rings (SSSR count). The Balaban J connectivity index is 1.49. The summed E-state index contributed by atoms with van der Waals surface area (Å²) in [4.78, 5) is 14.5. The van der Waals surface area contributed by atoms with E-state index in [1.165, 1.54) is 10.6 Å². The van der Waals surface area contributed by atoms with Gasteiger partial charge in [0.1, 0.15) is 5.58 Å². The molecule has 1 aromatic heterocycles. The minimum Gasteiger partial charge on any atom is -0.464 e. The van der Waals surface area contributed by atoms with E-state index in [9.17, 15) is 18.3 Å². The molecule has 0 saturated heterocycles. The zero-order chi connectivity index (χ0) is 19.4. The zero-order valence-corrected chi connectivity index (χ0v) is 16.1. The van der Waals surface area contributed by atoms with Gasteiger partial charge in [0.05, 0.1) is 23.2 Å². The number of amides is 1. The molecule has 1 amide bonds. The molecule has 0 bridgehead atoms. The van der Waals surface area contributed by atoms with E-state index in [-0.39, 0.29) is 17.4 Å². The van der Waals surface area contributed by atoms with E-state index in [4.69, 9.17) is 4.42 Å². The molecule has 2 aromatic rings. The molecule has 3 heterocycles. The minimum absolute atomic E-state index is 0.112. The highest BCUT2D eigenvalue weighted by Crippen LogP contribution is 2.32. The Kier molecular flexibility index (Phi) is 4.17. The maximum atomic E-state index is 13.0. The summed E-state index contributed by atoms with van der Waals surface area (Å²) in [6.07, 6.45) is 1.53. The summed E-state index contributed by atoms with van der Waals surface area (Å²) in [5, 5.41) is 10.2. The van der Waals surface area contributed by atoms with Gasteiger partial charge in [0.2, 0.25) is 15.9 Å². The third kappa shape index (κ3) is 2.97. The first kappa shape index (κ1) is 18.2. The Hall–Kier alpha value is -2.16. The first-order valence-corrected chi connectivity index (χ1v) is 10.2. The molecule has 144 valence electrons. The van der Waals surface area contributed by atoms with Crippen molar-refractivity contribution in [3.05, 3.63) is 41.7 Å². The van der Waals surface area contributed by atoms with Crippen molar-refractivity contribution in [3.8, 4) is 0 Å². The quantitative estimate of drug-likeness (QED) is 0.801. The topological polar surface area (TPSA) is 91.1 Å². The van der Waals surface area contributed by atoms with Gasteiger partial charge in [-0.15, -0.1) is 0 Å². The largest absolute Gasteiger partial charge is 0.464 e. The fraction of sp³-hybridized carbons (Fsp3) is 0.421. The zero-order valence-electron chi connectivity index (χ0n) is 15.3. The molecule has 7 nitrogen and oxygen atoms in total. The predicted octanol–water partition coefficient (Wildman–Crippen LogP) is 1.59. The van der Waals surface area contributed by atoms with Gasteiger partial charge in [-0.1, -0.05) is 0 Å². The van der Waals surface area contributed by atoms with Crippen LogP contribution in [0.3, 0.4) is 0 Å². The van der Waals surface area contributed by atoms with Crippen molar-refractivity contribution < 1.29 is 22.7 Å². The molecular formula is C19H22N2O5S. The number of carbonyl (C=O) groups excluding carboxylic acids is 1. The third-order valence-corrected chi connectivity index (χ3v) is 7.11. The van der Waals surface area contributed by atoms with E-state index in [0.717, 1.165) is 16.5 Å². The van der Waals surface area contributed by atoms with Gasteiger partial charge in [-0.2, -0.15) is 4.31 Å². The SMILES string of the molecule is CC(C)(CO)C(=O)N1CC2=C(C1)CN(S(=O)(=O)c1ccc3occc3c1)C2. The highest BCUT2D eigenvalue weighted by atomic mass is 32.2. The Morgan fingerprint density at radius 1 is 1.15 bits per heavy atom. The summed E-state index contributed by atoms with van der Waals surface area (Å²) in [6.45, 7) is 4.64. The number of aliphatic hydroxyl groups is 1. The van der Waals surface area contributed by atoms with E-state index in [0.29, 0.717) is 31.8 Å². The second-order valence-corrected chi connectivity index (χ2v) is 9.74. The first-order valence-electron chi connectivity index (χ1n) is 8.80. The summed E-state index contributed by atoms with van der Waals surface area (Å²) < 4.78 is 32.7. The lowest BCUT2D eigenvalue weighted by Crippen LogP contribution is -2.43. The monoisotopic (exact) mass is 390 g/mol. The van der Waals surface area contributed by atoms with E-state index < -0.39 is 15.4 Å². The summed E-state index contributed by atoms with van der Waals surface area (Å²) in [7, 11) is -3.61. The molecule has 0 saturated carbocycles. The smallest absolute Gasteiger partial charge is 0.243 e. The maximum Gasteiger partial charge on any atom is 0.243 e. The van der Waals surface area contributed by atoms with Crippen molar-refractivity contribution in [2.75, 3.05) is 32.8 Å². The van der Waals surface area contributed by atoms with Crippen LogP contribution in [-0.2, 0) is 14.8 Å². The van der Waals surface area contributed by atoms with Crippen molar-refractivity contribution in [3.63, 3.8) is 0 Å². The molecule has 0 fully saturated rings. The summed E-state index contributed by atoms with van der Waals surface area (Å²) in [5.41, 5.74) is 1.78. The second kappa shape index (κ2) is 6.19. The fourth-order valence-corrected chi connectivity index (χ4v) is 5.07. The minimum atomic E-state index is -3.61. The van der Waals surface area contributed by atoms with Gasteiger partial charge in [-0.25, -0.2) is 8.42 Å². The number of sulfonamides is 1. The van der Waals surface area contributed by atoms with E-state index in [2.05, 4.69) is 0 Å². The number of furan rings is 1. The van der Waals surface area contributed by atoms with Crippen molar-refractivity contribution in [1.82, 2.24) is 9.21 Å². The Morgan fingerprint density at radius 3 is 2.44 bits per heavy atom. The maximum absolute atomic E-state index is 13.0. The number of carbonyl (C=O) groups is 1. The number of benzene rings is 1. The highest BCUT2D eigenvalue weighted by Gasteiger charge is 2.40. The molecule has 0 spiro atoms. The van der Waals surface area contributed by atoms with Crippen LogP contribution >= 0.6 is 0 Å². The van der Waals surface area contributed by atoms with Gasteiger partial charge in [0.25, 0.3) is 0 Å². The number of rotatable bonds is 4. The number of nitrogens with zero attached hydrogens (tertiary/aromatic N) is 2. The van der Waals surface area contributed by atoms with Crippen molar-refractivity contribution in [2.45, 2.75) is 18.7 Å². The van der Waals surface area contributed by atoms with Gasteiger partial charge in [-0.3, -0.25) is 4.79 Å². The molecule has 1 N–H and O–H groups in total. The number of aliphatic hydroxyl groups excluding tert-OH is 1. The molecule has 0 radical (unpaired) electrons. The van der Waals surface area contributed by atoms with Crippen molar-refractivity contribution in [2.24, 2.45) is 5.41 Å². The molecule has 0 atom stereocenters. The van der Waals surface area contributed by atoms with E-state index in [1.807, 2.05) is 0 Å². The molecule has 1 aromatic carbocycles. The number of fused-ring (bicyclic) bond motifs is 1. The summed E-state index contributed by atoms with van der Waals surface area (Å²) >= 11 is 0. The molecule has 27 heavy (non-hydrogen) atoms. The highest BCUT2D eigenvalue weighted by molar-refractivity contribution is 7.89. The van der Waals surface area contributed by atoms with Crippen molar-refractivity contribution >= 4 is 26.9 Å². The van der Waals surface area contributed by atoms with Crippen LogP contribution in [0.5, 0.6) is 0 Å². The van der Waals surface area contributed by atoms with Gasteiger partial charge < -0.3 is 14.4 Å². The van der Waals surface area contributed by atoms with Crippen LogP contribution in [0.25, 0.3) is 11.0 Å². The summed E-state index contributed by atoms with van der Waals surface area (Å²) in [6, 6.07) is 6.58. The van der Waals surface area contributed by atoms with Gasteiger partial charge in [-0.05, 0) is 49.3 Å². The standard InChI is InChI=1S/C19H22N2O5S/c1-19(2,12-22)18(23)20-8-14-10-21(11-15(14)9-20)27(24,25)16-3-4-17-13(7-16)5-6-26-17/h3-7,22H,8-12H2,1-2H3. The summed E-state index contributed by atoms with van der Waals surface area (Å²) in [5.74, 6) is -0.112. The van der Waals surface area contributed by atoms with Crippen LogP contribution in [0.2, 0.25) is 0 Å². The second-order valence-electron chi connectivity index (χ2n) is 7.80. The molecule has 0 unspecified atom stereocenters. The Bertz CT molecular complexity index is 1030. The van der Waals surface area contributed by atoms with Crippen LogP contribution < -0.4 is 0 Å². The lowest BCUT2D eigenvalue weighted by molar-refractivity contribution is -0.141.